The minimum Gasteiger partial charge on any atom is -0.494 e. The minimum atomic E-state index is -0.103. The van der Waals surface area contributed by atoms with Crippen LogP contribution < -0.4 is 9.47 Å². The SMILES string of the molecule is CCOc1ccc(OCC)c(C(=O)/C=C/c2ccccc2)c1. The molecule has 0 bridgehead atoms. The summed E-state index contributed by atoms with van der Waals surface area (Å²) < 4.78 is 11.0. The Hall–Kier alpha value is -2.55. The molecule has 2 rings (SSSR count). The van der Waals surface area contributed by atoms with E-state index in [9.17, 15) is 4.79 Å². The van der Waals surface area contributed by atoms with Crippen LogP contribution >= 0.6 is 0 Å². The van der Waals surface area contributed by atoms with Gasteiger partial charge in [-0.3, -0.25) is 4.79 Å². The van der Waals surface area contributed by atoms with Crippen molar-refractivity contribution in [3.05, 3.63) is 65.7 Å². The van der Waals surface area contributed by atoms with Gasteiger partial charge >= 0.3 is 0 Å². The summed E-state index contributed by atoms with van der Waals surface area (Å²) in [5, 5.41) is 0. The van der Waals surface area contributed by atoms with Crippen LogP contribution in [0, 0.1) is 0 Å². The van der Waals surface area contributed by atoms with E-state index in [1.165, 1.54) is 0 Å². The lowest BCUT2D eigenvalue weighted by Gasteiger charge is -2.10. The van der Waals surface area contributed by atoms with Crippen molar-refractivity contribution in [2.75, 3.05) is 13.2 Å². The van der Waals surface area contributed by atoms with E-state index in [-0.39, 0.29) is 5.78 Å². The molecule has 0 aromatic heterocycles. The van der Waals surface area contributed by atoms with Crippen LogP contribution in [0.15, 0.2) is 54.6 Å². The quantitative estimate of drug-likeness (QED) is 0.562. The highest BCUT2D eigenvalue weighted by atomic mass is 16.5. The molecule has 2 aromatic carbocycles. The first-order valence-corrected chi connectivity index (χ1v) is 7.41. The Bertz CT molecular complexity index is 645. The highest BCUT2D eigenvalue weighted by molar-refractivity contribution is 6.08. The van der Waals surface area contributed by atoms with Crippen LogP contribution in [-0.2, 0) is 0 Å². The van der Waals surface area contributed by atoms with Crippen LogP contribution in [0.4, 0.5) is 0 Å². The average molecular weight is 296 g/mol. The van der Waals surface area contributed by atoms with E-state index in [1.807, 2.05) is 50.2 Å². The Labute approximate surface area is 131 Å². The van der Waals surface area contributed by atoms with Gasteiger partial charge in [0.2, 0.25) is 0 Å². The van der Waals surface area contributed by atoms with Gasteiger partial charge in [-0.25, -0.2) is 0 Å². The fourth-order valence-electron chi connectivity index (χ4n) is 2.07. The van der Waals surface area contributed by atoms with Gasteiger partial charge in [0.15, 0.2) is 5.78 Å². The maximum atomic E-state index is 12.4. The maximum absolute atomic E-state index is 12.4. The molecule has 2 aromatic rings. The molecule has 0 aliphatic heterocycles. The molecule has 0 atom stereocenters. The third-order valence-corrected chi connectivity index (χ3v) is 3.05. The van der Waals surface area contributed by atoms with Crippen molar-refractivity contribution in [1.29, 1.82) is 0 Å². The molecule has 0 radical (unpaired) electrons. The molecule has 0 unspecified atom stereocenters. The molecule has 0 fully saturated rings. The van der Waals surface area contributed by atoms with Gasteiger partial charge in [0.05, 0.1) is 18.8 Å². The second-order valence-electron chi connectivity index (χ2n) is 4.63. The van der Waals surface area contributed by atoms with Crippen LogP contribution in [0.2, 0.25) is 0 Å². The summed E-state index contributed by atoms with van der Waals surface area (Å²) in [5.74, 6) is 1.14. The van der Waals surface area contributed by atoms with Gasteiger partial charge in [-0.15, -0.1) is 0 Å². The van der Waals surface area contributed by atoms with E-state index in [4.69, 9.17) is 9.47 Å². The Morgan fingerprint density at radius 3 is 2.41 bits per heavy atom. The molecule has 3 nitrogen and oxygen atoms in total. The second kappa shape index (κ2) is 8.03. The van der Waals surface area contributed by atoms with Crippen LogP contribution in [0.25, 0.3) is 6.08 Å². The van der Waals surface area contributed by atoms with Gasteiger partial charge in [0, 0.05) is 0 Å². The summed E-state index contributed by atoms with van der Waals surface area (Å²) in [7, 11) is 0. The number of ketones is 1. The third-order valence-electron chi connectivity index (χ3n) is 3.05. The highest BCUT2D eigenvalue weighted by Crippen LogP contribution is 2.25. The molecule has 22 heavy (non-hydrogen) atoms. The molecule has 0 saturated carbocycles. The standard InChI is InChI=1S/C19H20O3/c1-3-21-16-11-13-19(22-4-2)17(14-16)18(20)12-10-15-8-6-5-7-9-15/h5-14H,3-4H2,1-2H3/b12-10+. The minimum absolute atomic E-state index is 0.103. The first-order valence-electron chi connectivity index (χ1n) is 7.41. The molecule has 0 saturated heterocycles. The normalized spacial score (nSPS) is 10.6. The fourth-order valence-corrected chi connectivity index (χ4v) is 2.07. The van der Waals surface area contributed by atoms with Gasteiger partial charge in [0.1, 0.15) is 11.5 Å². The first-order chi connectivity index (χ1) is 10.7. The summed E-state index contributed by atoms with van der Waals surface area (Å²) in [6.07, 6.45) is 3.36. The van der Waals surface area contributed by atoms with E-state index >= 15 is 0 Å². The number of hydrogen-bond acceptors (Lipinski definition) is 3. The van der Waals surface area contributed by atoms with E-state index in [0.717, 1.165) is 5.56 Å². The summed E-state index contributed by atoms with van der Waals surface area (Å²) in [5.41, 5.74) is 1.50. The van der Waals surface area contributed by atoms with Crippen molar-refractivity contribution in [1.82, 2.24) is 0 Å². The zero-order chi connectivity index (χ0) is 15.8. The van der Waals surface area contributed by atoms with Crippen LogP contribution in [0.5, 0.6) is 11.5 Å². The number of benzene rings is 2. The number of ether oxygens (including phenoxy) is 2. The summed E-state index contributed by atoms with van der Waals surface area (Å²) in [6, 6.07) is 15.0. The lowest BCUT2D eigenvalue weighted by atomic mass is 10.1. The number of carbonyl (C=O) groups excluding carboxylic acids is 1. The maximum Gasteiger partial charge on any atom is 0.189 e. The number of hydrogen-bond donors (Lipinski definition) is 0. The Balaban J connectivity index is 2.26. The molecule has 0 aliphatic carbocycles. The Kier molecular flexibility index (Phi) is 5.78. The van der Waals surface area contributed by atoms with Crippen molar-refractivity contribution in [2.24, 2.45) is 0 Å². The Morgan fingerprint density at radius 1 is 1.00 bits per heavy atom. The zero-order valence-corrected chi connectivity index (χ0v) is 12.9. The van der Waals surface area contributed by atoms with Gasteiger partial charge in [-0.1, -0.05) is 36.4 Å². The zero-order valence-electron chi connectivity index (χ0n) is 12.9. The first kappa shape index (κ1) is 15.8. The molecule has 114 valence electrons. The van der Waals surface area contributed by atoms with Crippen LogP contribution in [0.3, 0.4) is 0 Å². The lowest BCUT2D eigenvalue weighted by Crippen LogP contribution is -2.03. The van der Waals surface area contributed by atoms with E-state index in [1.54, 1.807) is 24.3 Å². The monoisotopic (exact) mass is 296 g/mol. The van der Waals surface area contributed by atoms with E-state index in [2.05, 4.69) is 0 Å². The molecule has 0 N–H and O–H groups in total. The van der Waals surface area contributed by atoms with Crippen molar-refractivity contribution >= 4 is 11.9 Å². The number of carbonyl (C=O) groups is 1. The molecular formula is C19H20O3. The largest absolute Gasteiger partial charge is 0.494 e. The number of allylic oxidation sites excluding steroid dienone is 1. The van der Waals surface area contributed by atoms with Crippen molar-refractivity contribution < 1.29 is 14.3 Å². The predicted octanol–water partition coefficient (Wildman–Crippen LogP) is 4.38. The smallest absolute Gasteiger partial charge is 0.189 e. The predicted molar refractivity (Wildman–Crippen MR) is 88.6 cm³/mol. The molecule has 0 heterocycles. The summed E-state index contributed by atoms with van der Waals surface area (Å²) in [4.78, 5) is 12.4. The molecular weight excluding hydrogens is 276 g/mol. The summed E-state index contributed by atoms with van der Waals surface area (Å²) >= 11 is 0. The average Bonchev–Trinajstić information content (AvgIpc) is 2.55. The van der Waals surface area contributed by atoms with Gasteiger partial charge in [-0.2, -0.15) is 0 Å². The highest BCUT2D eigenvalue weighted by Gasteiger charge is 2.11. The third kappa shape index (κ3) is 4.22. The lowest BCUT2D eigenvalue weighted by molar-refractivity contribution is 0.104. The molecule has 0 spiro atoms. The summed E-state index contributed by atoms with van der Waals surface area (Å²) in [6.45, 7) is 4.87. The van der Waals surface area contributed by atoms with E-state index in [0.29, 0.717) is 30.3 Å². The molecule has 0 amide bonds. The van der Waals surface area contributed by atoms with Crippen molar-refractivity contribution in [2.45, 2.75) is 13.8 Å². The fraction of sp³-hybridized carbons (Fsp3) is 0.211. The number of rotatable bonds is 7. The topological polar surface area (TPSA) is 35.5 Å². The van der Waals surface area contributed by atoms with Crippen LogP contribution in [0.1, 0.15) is 29.8 Å². The molecule has 0 aliphatic rings. The van der Waals surface area contributed by atoms with Crippen LogP contribution in [-0.4, -0.2) is 19.0 Å². The molecule has 3 heteroatoms. The second-order valence-corrected chi connectivity index (χ2v) is 4.63. The van der Waals surface area contributed by atoms with Gasteiger partial charge < -0.3 is 9.47 Å². The Morgan fingerprint density at radius 2 is 1.73 bits per heavy atom. The van der Waals surface area contributed by atoms with Gasteiger partial charge in [-0.05, 0) is 43.7 Å². The van der Waals surface area contributed by atoms with Gasteiger partial charge in [0.25, 0.3) is 0 Å². The van der Waals surface area contributed by atoms with E-state index < -0.39 is 0 Å². The van der Waals surface area contributed by atoms with Crippen molar-refractivity contribution in [3.63, 3.8) is 0 Å². The van der Waals surface area contributed by atoms with Crippen molar-refractivity contribution in [3.8, 4) is 11.5 Å².